The summed E-state index contributed by atoms with van der Waals surface area (Å²) in [4.78, 5) is 17.2. The molecule has 1 aliphatic heterocycles. The second-order valence-electron chi connectivity index (χ2n) is 7.55. The summed E-state index contributed by atoms with van der Waals surface area (Å²) in [7, 11) is 0. The average molecular weight is 439 g/mol. The number of aryl methyl sites for hydroxylation is 1. The van der Waals surface area contributed by atoms with Gasteiger partial charge in [0.15, 0.2) is 5.82 Å². The van der Waals surface area contributed by atoms with Crippen LogP contribution in [0.5, 0.6) is 0 Å². The van der Waals surface area contributed by atoms with Gasteiger partial charge in [0.05, 0.1) is 5.92 Å². The summed E-state index contributed by atoms with van der Waals surface area (Å²) in [5.74, 6) is 1.00. The van der Waals surface area contributed by atoms with Gasteiger partial charge in [-0.05, 0) is 61.9 Å². The van der Waals surface area contributed by atoms with Gasteiger partial charge in [-0.1, -0.05) is 35.5 Å². The smallest absolute Gasteiger partial charge is 0.224 e. The molecule has 1 amide bonds. The predicted molar refractivity (Wildman–Crippen MR) is 123 cm³/mol. The second-order valence-corrected chi connectivity index (χ2v) is 9.68. The maximum atomic E-state index is 12.6. The molecule has 1 saturated heterocycles. The van der Waals surface area contributed by atoms with Gasteiger partial charge in [0.25, 0.3) is 0 Å². The lowest BCUT2D eigenvalue weighted by atomic mass is 9.97. The van der Waals surface area contributed by atoms with E-state index >= 15 is 0 Å². The molecule has 7 heteroatoms. The van der Waals surface area contributed by atoms with Crippen LogP contribution in [0.15, 0.2) is 63.8 Å². The third-order valence-electron chi connectivity index (χ3n) is 5.24. The fraction of sp³-hybridized carbons (Fsp3) is 0.348. The summed E-state index contributed by atoms with van der Waals surface area (Å²) in [5, 5.41) is 14.9. The number of carbonyl (C=O) groups is 1. The maximum Gasteiger partial charge on any atom is 0.224 e. The van der Waals surface area contributed by atoms with E-state index in [0.29, 0.717) is 13.1 Å². The van der Waals surface area contributed by atoms with Gasteiger partial charge in [-0.15, -0.1) is 21.5 Å². The molecule has 1 aliphatic rings. The number of aromatic nitrogens is 2. The number of nitrogens with zero attached hydrogens (tertiary/aromatic N) is 3. The first-order valence-electron chi connectivity index (χ1n) is 10.3. The van der Waals surface area contributed by atoms with Crippen LogP contribution in [0.1, 0.15) is 23.3 Å². The van der Waals surface area contributed by atoms with Gasteiger partial charge in [-0.2, -0.15) is 0 Å². The molecule has 1 aromatic carbocycles. The number of carbonyl (C=O) groups excluding carboxylic acids is 1. The van der Waals surface area contributed by atoms with Crippen LogP contribution in [0.25, 0.3) is 0 Å². The van der Waals surface area contributed by atoms with E-state index in [4.69, 9.17) is 0 Å². The molecule has 0 radical (unpaired) electrons. The van der Waals surface area contributed by atoms with Crippen molar-refractivity contribution in [2.75, 3.05) is 24.5 Å². The van der Waals surface area contributed by atoms with Gasteiger partial charge in [-0.3, -0.25) is 4.79 Å². The summed E-state index contributed by atoms with van der Waals surface area (Å²) in [6.07, 6.45) is 2.81. The molecule has 5 nitrogen and oxygen atoms in total. The van der Waals surface area contributed by atoms with Crippen molar-refractivity contribution in [3.63, 3.8) is 0 Å². The van der Waals surface area contributed by atoms with Crippen LogP contribution in [0.2, 0.25) is 0 Å². The highest BCUT2D eigenvalue weighted by molar-refractivity contribution is 7.99. The third kappa shape index (κ3) is 5.61. The van der Waals surface area contributed by atoms with Gasteiger partial charge >= 0.3 is 0 Å². The van der Waals surface area contributed by atoms with Crippen LogP contribution in [-0.4, -0.2) is 35.7 Å². The Hall–Kier alpha value is -2.38. The summed E-state index contributed by atoms with van der Waals surface area (Å²) in [6, 6.07) is 16.6. The normalized spacial score (nSPS) is 16.4. The zero-order chi connectivity index (χ0) is 20.8. The van der Waals surface area contributed by atoms with Crippen molar-refractivity contribution in [1.82, 2.24) is 15.5 Å². The quantitative estimate of drug-likeness (QED) is 0.585. The molecule has 156 valence electrons. The number of benzene rings is 1. The van der Waals surface area contributed by atoms with E-state index in [1.165, 1.54) is 10.4 Å². The van der Waals surface area contributed by atoms with Crippen LogP contribution in [0, 0.1) is 12.8 Å². The number of hydrogen-bond acceptors (Lipinski definition) is 6. The minimum absolute atomic E-state index is 0.00509. The van der Waals surface area contributed by atoms with Crippen LogP contribution in [0.3, 0.4) is 0 Å². The third-order valence-corrected chi connectivity index (χ3v) is 7.11. The molecule has 0 bridgehead atoms. The molecule has 0 aliphatic carbocycles. The number of thiophene rings is 1. The maximum absolute atomic E-state index is 12.6. The largest absolute Gasteiger partial charge is 0.355 e. The lowest BCUT2D eigenvalue weighted by molar-refractivity contribution is -0.125. The minimum Gasteiger partial charge on any atom is -0.355 e. The number of amides is 1. The highest BCUT2D eigenvalue weighted by Gasteiger charge is 2.26. The summed E-state index contributed by atoms with van der Waals surface area (Å²) in [6.45, 7) is 4.39. The predicted octanol–water partition coefficient (Wildman–Crippen LogP) is 4.57. The monoisotopic (exact) mass is 438 g/mol. The van der Waals surface area contributed by atoms with E-state index in [9.17, 15) is 4.79 Å². The highest BCUT2D eigenvalue weighted by atomic mass is 32.2. The van der Waals surface area contributed by atoms with Crippen LogP contribution >= 0.6 is 23.1 Å². The Bertz CT molecular complexity index is 942. The standard InChI is InChI=1S/C23H26N4OS2/c1-17-6-8-20(9-7-17)30-22-11-10-21(25-26-22)27-14-2-4-18(16-27)23(28)24-13-12-19-5-3-15-29-19/h3,5-11,15,18H,2,4,12-14,16H2,1H3,(H,24,28). The van der Waals surface area contributed by atoms with Crippen molar-refractivity contribution in [3.8, 4) is 0 Å². The van der Waals surface area contributed by atoms with Crippen molar-refractivity contribution in [2.45, 2.75) is 36.1 Å². The molecule has 3 heterocycles. The molecule has 4 rings (SSSR count). The molecule has 30 heavy (non-hydrogen) atoms. The lowest BCUT2D eigenvalue weighted by Crippen LogP contribution is -2.43. The van der Waals surface area contributed by atoms with Gasteiger partial charge in [-0.25, -0.2) is 0 Å². The van der Waals surface area contributed by atoms with Crippen molar-refractivity contribution < 1.29 is 4.79 Å². The van der Waals surface area contributed by atoms with Gasteiger partial charge in [0.2, 0.25) is 5.91 Å². The van der Waals surface area contributed by atoms with Crippen molar-refractivity contribution in [2.24, 2.45) is 5.92 Å². The van der Waals surface area contributed by atoms with Crippen LogP contribution in [-0.2, 0) is 11.2 Å². The molecule has 0 spiro atoms. The lowest BCUT2D eigenvalue weighted by Gasteiger charge is -2.32. The molecule has 1 fully saturated rings. The molecule has 2 aromatic heterocycles. The topological polar surface area (TPSA) is 58.1 Å². The zero-order valence-corrected chi connectivity index (χ0v) is 18.7. The molecule has 0 saturated carbocycles. The van der Waals surface area contributed by atoms with Crippen LogP contribution in [0.4, 0.5) is 5.82 Å². The fourth-order valence-electron chi connectivity index (χ4n) is 3.57. The molecular formula is C23H26N4OS2. The first-order valence-corrected chi connectivity index (χ1v) is 12.0. The zero-order valence-electron chi connectivity index (χ0n) is 17.1. The Kier molecular flexibility index (Phi) is 7.02. The number of nitrogens with one attached hydrogen (secondary N) is 1. The second kappa shape index (κ2) is 10.1. The first-order chi connectivity index (χ1) is 14.7. The Morgan fingerprint density at radius 3 is 2.80 bits per heavy atom. The molecule has 1 atom stereocenters. The molecule has 3 aromatic rings. The van der Waals surface area contributed by atoms with Gasteiger partial charge in [0, 0.05) is 29.4 Å². The number of hydrogen-bond donors (Lipinski definition) is 1. The van der Waals surface area contributed by atoms with E-state index in [1.54, 1.807) is 23.1 Å². The van der Waals surface area contributed by atoms with Crippen molar-refractivity contribution in [3.05, 3.63) is 64.4 Å². The number of piperidine rings is 1. The Morgan fingerprint density at radius 2 is 2.07 bits per heavy atom. The molecule has 1 unspecified atom stereocenters. The van der Waals surface area contributed by atoms with Gasteiger partial charge in [0.1, 0.15) is 5.03 Å². The van der Waals surface area contributed by atoms with Gasteiger partial charge < -0.3 is 10.2 Å². The van der Waals surface area contributed by atoms with E-state index < -0.39 is 0 Å². The SMILES string of the molecule is Cc1ccc(Sc2ccc(N3CCCC(C(=O)NCCc4cccs4)C3)nn2)cc1. The Balaban J connectivity index is 1.30. The summed E-state index contributed by atoms with van der Waals surface area (Å²) in [5.41, 5.74) is 1.25. The Morgan fingerprint density at radius 1 is 1.20 bits per heavy atom. The molecular weight excluding hydrogens is 412 g/mol. The number of rotatable bonds is 7. The minimum atomic E-state index is 0.00509. The van der Waals surface area contributed by atoms with Crippen LogP contribution < -0.4 is 10.2 Å². The molecule has 1 N–H and O–H groups in total. The fourth-order valence-corrected chi connectivity index (χ4v) is 5.01. The number of anilines is 1. The highest BCUT2D eigenvalue weighted by Crippen LogP contribution is 2.27. The average Bonchev–Trinajstić information content (AvgIpc) is 3.29. The summed E-state index contributed by atoms with van der Waals surface area (Å²) < 4.78 is 0. The Labute approximate surface area is 185 Å². The van der Waals surface area contributed by atoms with E-state index in [0.717, 1.165) is 41.5 Å². The van der Waals surface area contributed by atoms with Crippen molar-refractivity contribution in [1.29, 1.82) is 0 Å². The van der Waals surface area contributed by atoms with Crippen molar-refractivity contribution >= 4 is 34.8 Å². The van der Waals surface area contributed by atoms with E-state index in [2.05, 4.69) is 63.0 Å². The first kappa shape index (κ1) is 20.9. The van der Waals surface area contributed by atoms with E-state index in [-0.39, 0.29) is 11.8 Å². The summed E-state index contributed by atoms with van der Waals surface area (Å²) >= 11 is 3.34. The van der Waals surface area contributed by atoms with E-state index in [1.807, 2.05) is 18.2 Å².